The summed E-state index contributed by atoms with van der Waals surface area (Å²) in [5.41, 5.74) is 2.16. The first-order valence-electron chi connectivity index (χ1n) is 12.2. The van der Waals surface area contributed by atoms with Gasteiger partial charge in [-0.05, 0) is 68.5 Å². The van der Waals surface area contributed by atoms with Crippen molar-refractivity contribution >= 4 is 11.6 Å². The van der Waals surface area contributed by atoms with Gasteiger partial charge in [0.25, 0.3) is 0 Å². The zero-order valence-corrected chi connectivity index (χ0v) is 19.5. The van der Waals surface area contributed by atoms with Crippen molar-refractivity contribution < 1.29 is 14.3 Å². The summed E-state index contributed by atoms with van der Waals surface area (Å²) in [7, 11) is 0. The van der Waals surface area contributed by atoms with E-state index in [4.69, 9.17) is 5.26 Å². The number of anilines is 1. The minimum Gasteiger partial charge on any atom is -0.391 e. The third-order valence-electron chi connectivity index (χ3n) is 7.21. The third kappa shape index (κ3) is 6.13. The monoisotopic (exact) mass is 464 g/mol. The fourth-order valence-corrected chi connectivity index (χ4v) is 5.05. The van der Waals surface area contributed by atoms with Crippen molar-refractivity contribution in [3.8, 4) is 6.07 Å². The van der Waals surface area contributed by atoms with Crippen molar-refractivity contribution in [3.63, 3.8) is 0 Å². The summed E-state index contributed by atoms with van der Waals surface area (Å²) < 4.78 is 13.6. The van der Waals surface area contributed by atoms with Gasteiger partial charge in [-0.3, -0.25) is 9.69 Å². The Morgan fingerprint density at radius 3 is 2.47 bits per heavy atom. The molecule has 2 N–H and O–H groups in total. The first kappa shape index (κ1) is 24.2. The van der Waals surface area contributed by atoms with Crippen LogP contribution in [0.4, 0.5) is 10.1 Å². The molecule has 2 aromatic rings. The average molecular weight is 465 g/mol. The molecule has 2 saturated heterocycles. The lowest BCUT2D eigenvalue weighted by Crippen LogP contribution is -2.45. The van der Waals surface area contributed by atoms with Gasteiger partial charge in [0.1, 0.15) is 11.9 Å². The number of hydrogen-bond acceptors (Lipinski definition) is 5. The number of halogens is 1. The Balaban J connectivity index is 1.17. The molecule has 2 fully saturated rings. The molecule has 0 aromatic heterocycles. The molecular weight excluding hydrogens is 431 g/mol. The highest BCUT2D eigenvalue weighted by Gasteiger charge is 2.28. The largest absolute Gasteiger partial charge is 0.391 e. The number of benzene rings is 2. The highest BCUT2D eigenvalue weighted by molar-refractivity contribution is 5.79. The zero-order valence-electron chi connectivity index (χ0n) is 19.5. The van der Waals surface area contributed by atoms with Crippen molar-refractivity contribution in [1.29, 1.82) is 5.26 Å². The van der Waals surface area contributed by atoms with Gasteiger partial charge in [-0.2, -0.15) is 5.26 Å². The number of amides is 1. The summed E-state index contributed by atoms with van der Waals surface area (Å²) in [4.78, 5) is 17.2. The number of hydrogen-bond donors (Lipinski definition) is 2. The van der Waals surface area contributed by atoms with Gasteiger partial charge in [0, 0.05) is 37.8 Å². The number of nitriles is 1. The lowest BCUT2D eigenvalue weighted by Gasteiger charge is -2.35. The molecule has 0 unspecified atom stereocenters. The Hall–Kier alpha value is -2.95. The summed E-state index contributed by atoms with van der Waals surface area (Å²) >= 11 is 0. The molecule has 0 bridgehead atoms. The molecule has 0 aliphatic carbocycles. The van der Waals surface area contributed by atoms with Crippen LogP contribution in [0, 0.1) is 29.0 Å². The summed E-state index contributed by atoms with van der Waals surface area (Å²) in [5.74, 6) is -0.396. The van der Waals surface area contributed by atoms with E-state index in [1.165, 1.54) is 11.6 Å². The normalized spacial score (nSPS) is 18.9. The van der Waals surface area contributed by atoms with E-state index in [0.717, 1.165) is 38.2 Å². The van der Waals surface area contributed by atoms with Crippen molar-refractivity contribution in [1.82, 2.24) is 10.2 Å². The van der Waals surface area contributed by atoms with E-state index in [9.17, 15) is 14.3 Å². The Kier molecular flexibility index (Phi) is 8.15. The number of nitrogens with one attached hydrogen (secondary N) is 1. The van der Waals surface area contributed by atoms with E-state index in [2.05, 4.69) is 39.4 Å². The predicted molar refractivity (Wildman–Crippen MR) is 130 cm³/mol. The summed E-state index contributed by atoms with van der Waals surface area (Å²) in [6.45, 7) is 4.51. The fourth-order valence-electron chi connectivity index (χ4n) is 5.05. The first-order chi connectivity index (χ1) is 16.5. The van der Waals surface area contributed by atoms with Crippen LogP contribution >= 0.6 is 0 Å². The SMILES string of the molecule is N#Cc1cc(N2CCC(C(=O)NC[C@H](O)C3CCN(Cc4ccccc4)CC3)CC2)ccc1F. The maximum atomic E-state index is 13.6. The average Bonchev–Trinajstić information content (AvgIpc) is 2.88. The van der Waals surface area contributed by atoms with Gasteiger partial charge >= 0.3 is 0 Å². The predicted octanol–water partition coefficient (Wildman–Crippen LogP) is 3.30. The summed E-state index contributed by atoms with van der Waals surface area (Å²) in [6, 6.07) is 16.9. The molecule has 0 spiro atoms. The van der Waals surface area contributed by atoms with Crippen LogP contribution in [0.5, 0.6) is 0 Å². The standard InChI is InChI=1S/C27H33FN4O2/c28-25-7-6-24(16-23(25)17-29)32-14-10-22(11-15-32)27(34)30-18-26(33)21-8-12-31(13-9-21)19-20-4-2-1-3-5-20/h1-7,16,21-22,26,33H,8-15,18-19H2,(H,30,34)/t26-/m0/s1. The summed E-state index contributed by atoms with van der Waals surface area (Å²) in [5, 5.41) is 22.7. The smallest absolute Gasteiger partial charge is 0.223 e. The van der Waals surface area contributed by atoms with Gasteiger partial charge in [0.05, 0.1) is 11.7 Å². The number of aliphatic hydroxyl groups is 1. The van der Waals surface area contributed by atoms with Crippen LogP contribution in [0.3, 0.4) is 0 Å². The van der Waals surface area contributed by atoms with Crippen LogP contribution in [-0.2, 0) is 11.3 Å². The number of likely N-dealkylation sites (tertiary alicyclic amines) is 1. The van der Waals surface area contributed by atoms with Crippen molar-refractivity contribution in [2.24, 2.45) is 11.8 Å². The van der Waals surface area contributed by atoms with Crippen LogP contribution in [-0.4, -0.2) is 54.7 Å². The lowest BCUT2D eigenvalue weighted by molar-refractivity contribution is -0.126. The number of rotatable bonds is 7. The van der Waals surface area contributed by atoms with Gasteiger partial charge in [0.2, 0.25) is 5.91 Å². The maximum absolute atomic E-state index is 13.6. The van der Waals surface area contributed by atoms with Crippen molar-refractivity contribution in [3.05, 3.63) is 65.5 Å². The zero-order chi connectivity index (χ0) is 23.9. The highest BCUT2D eigenvalue weighted by atomic mass is 19.1. The lowest BCUT2D eigenvalue weighted by atomic mass is 9.90. The second-order valence-corrected chi connectivity index (χ2v) is 9.45. The van der Waals surface area contributed by atoms with Gasteiger partial charge in [0.15, 0.2) is 0 Å². The van der Waals surface area contributed by atoms with Gasteiger partial charge < -0.3 is 15.3 Å². The van der Waals surface area contributed by atoms with Crippen molar-refractivity contribution in [2.75, 3.05) is 37.6 Å². The van der Waals surface area contributed by atoms with Crippen molar-refractivity contribution in [2.45, 2.75) is 38.3 Å². The molecule has 180 valence electrons. The molecule has 0 saturated carbocycles. The Labute approximate surface area is 201 Å². The molecule has 2 aliphatic rings. The van der Waals surface area contributed by atoms with Crippen LogP contribution in [0.1, 0.15) is 36.8 Å². The van der Waals surface area contributed by atoms with E-state index in [1.54, 1.807) is 12.1 Å². The Morgan fingerprint density at radius 2 is 1.79 bits per heavy atom. The molecule has 2 aromatic carbocycles. The number of carbonyl (C=O) groups excluding carboxylic acids is 1. The molecule has 4 rings (SSSR count). The quantitative estimate of drug-likeness (QED) is 0.657. The molecule has 34 heavy (non-hydrogen) atoms. The second kappa shape index (κ2) is 11.5. The van der Waals surface area contributed by atoms with Crippen LogP contribution < -0.4 is 10.2 Å². The molecule has 1 amide bonds. The molecular formula is C27H33FN4O2. The molecule has 6 nitrogen and oxygen atoms in total. The number of nitrogens with zero attached hydrogens (tertiary/aromatic N) is 3. The summed E-state index contributed by atoms with van der Waals surface area (Å²) in [6.07, 6.45) is 2.74. The van der Waals surface area contributed by atoms with Gasteiger partial charge in [-0.15, -0.1) is 0 Å². The fraction of sp³-hybridized carbons (Fsp3) is 0.481. The Bertz CT molecular complexity index is 993. The van der Waals surface area contributed by atoms with E-state index < -0.39 is 11.9 Å². The number of aliphatic hydroxyl groups excluding tert-OH is 1. The topological polar surface area (TPSA) is 79.6 Å². The van der Waals surface area contributed by atoms with Crippen LogP contribution in [0.2, 0.25) is 0 Å². The van der Waals surface area contributed by atoms with Crippen LogP contribution in [0.15, 0.2) is 48.5 Å². The highest BCUT2D eigenvalue weighted by Crippen LogP contribution is 2.26. The van der Waals surface area contributed by atoms with E-state index >= 15 is 0 Å². The molecule has 0 radical (unpaired) electrons. The maximum Gasteiger partial charge on any atom is 0.223 e. The minimum absolute atomic E-state index is 0.00275. The Morgan fingerprint density at radius 1 is 1.09 bits per heavy atom. The first-order valence-corrected chi connectivity index (χ1v) is 12.2. The van der Waals surface area contributed by atoms with E-state index in [0.29, 0.717) is 32.5 Å². The minimum atomic E-state index is -0.522. The van der Waals surface area contributed by atoms with Crippen LogP contribution in [0.25, 0.3) is 0 Å². The van der Waals surface area contributed by atoms with E-state index in [1.807, 2.05) is 12.1 Å². The molecule has 1 atom stereocenters. The molecule has 2 aliphatic heterocycles. The van der Waals surface area contributed by atoms with E-state index in [-0.39, 0.29) is 23.3 Å². The molecule has 7 heteroatoms. The molecule has 2 heterocycles. The second-order valence-electron chi connectivity index (χ2n) is 9.45. The van der Waals surface area contributed by atoms with Gasteiger partial charge in [-0.25, -0.2) is 4.39 Å². The number of piperidine rings is 2. The third-order valence-corrected chi connectivity index (χ3v) is 7.21. The number of carbonyl (C=O) groups is 1. The van der Waals surface area contributed by atoms with Gasteiger partial charge in [-0.1, -0.05) is 30.3 Å².